The van der Waals surface area contributed by atoms with Crippen molar-refractivity contribution >= 4 is 0 Å². The third-order valence-electron chi connectivity index (χ3n) is 6.77. The van der Waals surface area contributed by atoms with Crippen LogP contribution in [0.3, 0.4) is 0 Å². The zero-order valence-electron chi connectivity index (χ0n) is 16.2. The van der Waals surface area contributed by atoms with E-state index in [1.807, 2.05) is 0 Å². The van der Waals surface area contributed by atoms with Crippen LogP contribution < -0.4 is 5.73 Å². The van der Waals surface area contributed by atoms with Crippen LogP contribution in [0, 0.1) is 17.6 Å². The molecule has 0 unspecified atom stereocenters. The van der Waals surface area contributed by atoms with E-state index in [4.69, 9.17) is 10.5 Å². The second-order valence-corrected chi connectivity index (χ2v) is 8.80. The number of rotatable bonds is 4. The van der Waals surface area contributed by atoms with Crippen molar-refractivity contribution in [2.45, 2.75) is 56.7 Å². The maximum Gasteiger partial charge on any atom is 0.129 e. The smallest absolute Gasteiger partial charge is 0.129 e. The summed E-state index contributed by atoms with van der Waals surface area (Å²) in [5.74, 6) is -0.00894. The van der Waals surface area contributed by atoms with Crippen molar-refractivity contribution in [2.24, 2.45) is 11.7 Å². The Bertz CT molecular complexity index is 779. The minimum Gasteiger partial charge on any atom is -0.373 e. The quantitative estimate of drug-likeness (QED) is 0.855. The molecule has 5 rings (SSSR count). The number of hydrogen-bond donors (Lipinski definition) is 1. The fraction of sp³-hybridized carbons (Fsp3) is 0.636. The number of nitrogens with two attached hydrogens (primary N) is 1. The highest BCUT2D eigenvalue weighted by Crippen LogP contribution is 2.40. The van der Waals surface area contributed by atoms with Gasteiger partial charge in [-0.15, -0.1) is 0 Å². The summed E-state index contributed by atoms with van der Waals surface area (Å²) in [4.78, 5) is 5.11. The molecule has 4 nitrogen and oxygen atoms in total. The van der Waals surface area contributed by atoms with Crippen molar-refractivity contribution in [3.63, 3.8) is 0 Å². The largest absolute Gasteiger partial charge is 0.373 e. The zero-order valence-corrected chi connectivity index (χ0v) is 16.2. The van der Waals surface area contributed by atoms with Crippen LogP contribution in [0.1, 0.15) is 50.2 Å². The first-order chi connectivity index (χ1) is 13.6. The molecule has 152 valence electrons. The lowest BCUT2D eigenvalue weighted by atomic mass is 9.93. The number of allylic oxidation sites excluding steroid dienone is 1. The van der Waals surface area contributed by atoms with E-state index in [0.717, 1.165) is 43.9 Å². The Labute approximate surface area is 165 Å². The Morgan fingerprint density at radius 3 is 2.75 bits per heavy atom. The first-order valence-corrected chi connectivity index (χ1v) is 10.7. The van der Waals surface area contributed by atoms with Gasteiger partial charge in [0.05, 0.1) is 12.6 Å². The van der Waals surface area contributed by atoms with Crippen molar-refractivity contribution in [3.8, 4) is 0 Å². The van der Waals surface area contributed by atoms with Crippen LogP contribution in [0.2, 0.25) is 0 Å². The van der Waals surface area contributed by atoms with E-state index in [1.165, 1.54) is 49.8 Å². The van der Waals surface area contributed by atoms with Crippen molar-refractivity contribution in [1.29, 1.82) is 0 Å². The molecule has 0 radical (unpaired) electrons. The summed E-state index contributed by atoms with van der Waals surface area (Å²) in [6.07, 6.45) is 6.36. The van der Waals surface area contributed by atoms with E-state index in [9.17, 15) is 8.78 Å². The van der Waals surface area contributed by atoms with Gasteiger partial charge in [-0.05, 0) is 56.2 Å². The number of halogens is 2. The molecule has 6 heteroatoms. The fourth-order valence-corrected chi connectivity index (χ4v) is 5.20. The van der Waals surface area contributed by atoms with Crippen LogP contribution in [0.4, 0.5) is 8.78 Å². The molecule has 1 aliphatic carbocycles. The summed E-state index contributed by atoms with van der Waals surface area (Å²) in [7, 11) is 0. The van der Waals surface area contributed by atoms with Gasteiger partial charge in [-0.1, -0.05) is 0 Å². The molecular weight excluding hydrogens is 360 g/mol. The third-order valence-corrected chi connectivity index (χ3v) is 6.77. The molecule has 0 amide bonds. The number of hydrogen-bond acceptors (Lipinski definition) is 4. The Morgan fingerprint density at radius 1 is 1.11 bits per heavy atom. The highest BCUT2D eigenvalue weighted by atomic mass is 19.1. The van der Waals surface area contributed by atoms with Crippen LogP contribution >= 0.6 is 0 Å². The molecule has 2 N–H and O–H groups in total. The predicted molar refractivity (Wildman–Crippen MR) is 103 cm³/mol. The van der Waals surface area contributed by atoms with Crippen molar-refractivity contribution in [1.82, 2.24) is 9.80 Å². The topological polar surface area (TPSA) is 41.7 Å². The molecule has 1 saturated heterocycles. The highest BCUT2D eigenvalue weighted by molar-refractivity contribution is 5.25. The minimum atomic E-state index is -0.583. The minimum absolute atomic E-state index is 0.219. The van der Waals surface area contributed by atoms with Gasteiger partial charge < -0.3 is 20.3 Å². The molecule has 3 heterocycles. The molecule has 3 aliphatic heterocycles. The summed E-state index contributed by atoms with van der Waals surface area (Å²) >= 11 is 0. The summed E-state index contributed by atoms with van der Waals surface area (Å²) in [5, 5.41) is 0. The molecule has 3 atom stereocenters. The van der Waals surface area contributed by atoms with Crippen LogP contribution in [0.15, 0.2) is 29.6 Å². The SMILES string of the molecule is N[C@H]1C[C@@H](N2CCC3=C2CCCN3CC2CC2)CO[C@@H]1c1cc(F)ccc1F. The predicted octanol–water partition coefficient (Wildman–Crippen LogP) is 3.55. The second-order valence-electron chi connectivity index (χ2n) is 8.80. The zero-order chi connectivity index (χ0) is 19.3. The van der Waals surface area contributed by atoms with Crippen LogP contribution in [0.5, 0.6) is 0 Å². The van der Waals surface area contributed by atoms with Gasteiger partial charge in [0.2, 0.25) is 0 Å². The van der Waals surface area contributed by atoms with Gasteiger partial charge in [0.15, 0.2) is 0 Å². The molecular formula is C22H29F2N3O. The second kappa shape index (κ2) is 7.30. The molecule has 1 aromatic rings. The lowest BCUT2D eigenvalue weighted by Crippen LogP contribution is -2.48. The van der Waals surface area contributed by atoms with E-state index < -0.39 is 17.7 Å². The monoisotopic (exact) mass is 389 g/mol. The average Bonchev–Trinajstić information content (AvgIpc) is 3.39. The molecule has 4 aliphatic rings. The molecule has 1 saturated carbocycles. The summed E-state index contributed by atoms with van der Waals surface area (Å²) < 4.78 is 33.8. The van der Waals surface area contributed by atoms with E-state index in [-0.39, 0.29) is 17.6 Å². The molecule has 0 bridgehead atoms. The molecule has 0 spiro atoms. The Hall–Kier alpha value is -1.66. The van der Waals surface area contributed by atoms with Gasteiger partial charge in [-0.3, -0.25) is 0 Å². The molecule has 2 fully saturated rings. The normalized spacial score (nSPS) is 30.8. The average molecular weight is 389 g/mol. The van der Waals surface area contributed by atoms with Gasteiger partial charge in [0.1, 0.15) is 17.7 Å². The lowest BCUT2D eigenvalue weighted by molar-refractivity contribution is -0.0436. The first kappa shape index (κ1) is 18.4. The van der Waals surface area contributed by atoms with Gasteiger partial charge in [0.25, 0.3) is 0 Å². The van der Waals surface area contributed by atoms with Crippen molar-refractivity contribution in [3.05, 3.63) is 46.8 Å². The molecule has 28 heavy (non-hydrogen) atoms. The maximum atomic E-state index is 14.2. The number of nitrogens with zero attached hydrogens (tertiary/aromatic N) is 2. The van der Waals surface area contributed by atoms with E-state index in [2.05, 4.69) is 9.80 Å². The summed E-state index contributed by atoms with van der Waals surface area (Å²) in [6.45, 7) is 3.93. The van der Waals surface area contributed by atoms with E-state index in [1.54, 1.807) is 0 Å². The number of benzene rings is 1. The third kappa shape index (κ3) is 3.41. The Balaban J connectivity index is 1.29. The van der Waals surface area contributed by atoms with Crippen molar-refractivity contribution in [2.75, 3.05) is 26.2 Å². The number of ether oxygens (including phenoxy) is 1. The Morgan fingerprint density at radius 2 is 1.96 bits per heavy atom. The fourth-order valence-electron chi connectivity index (χ4n) is 5.20. The lowest BCUT2D eigenvalue weighted by Gasteiger charge is -2.41. The van der Waals surface area contributed by atoms with Gasteiger partial charge in [0, 0.05) is 49.1 Å². The van der Waals surface area contributed by atoms with E-state index >= 15 is 0 Å². The summed E-state index contributed by atoms with van der Waals surface area (Å²) in [6, 6.07) is 3.38. The van der Waals surface area contributed by atoms with Crippen LogP contribution in [-0.4, -0.2) is 48.1 Å². The maximum absolute atomic E-state index is 14.2. The Kier molecular flexibility index (Phi) is 4.79. The van der Waals surface area contributed by atoms with E-state index in [0.29, 0.717) is 6.61 Å². The standard InChI is InChI=1S/C22H29F2N3O/c23-15-5-6-18(24)17(10-15)22-19(25)11-16(13-28-22)27-9-7-20-21(27)2-1-8-26(20)12-14-3-4-14/h5-6,10,14,16,19,22H,1-4,7-9,11-13,25H2/t16-,19+,22-/m1/s1. The van der Waals surface area contributed by atoms with Gasteiger partial charge in [-0.2, -0.15) is 0 Å². The molecule has 0 aromatic heterocycles. The molecule has 1 aromatic carbocycles. The van der Waals surface area contributed by atoms with Crippen LogP contribution in [0.25, 0.3) is 0 Å². The van der Waals surface area contributed by atoms with Crippen LogP contribution in [-0.2, 0) is 4.74 Å². The summed E-state index contributed by atoms with van der Waals surface area (Å²) in [5.41, 5.74) is 9.63. The van der Waals surface area contributed by atoms with Gasteiger partial charge >= 0.3 is 0 Å². The van der Waals surface area contributed by atoms with Gasteiger partial charge in [-0.25, -0.2) is 8.78 Å². The van der Waals surface area contributed by atoms with Crippen molar-refractivity contribution < 1.29 is 13.5 Å². The first-order valence-electron chi connectivity index (χ1n) is 10.7. The highest BCUT2D eigenvalue weighted by Gasteiger charge is 2.39.